The zero-order valence-electron chi connectivity index (χ0n) is 14.1. The molecule has 4 rings (SSSR count). The Hall–Kier alpha value is -2.85. The highest BCUT2D eigenvalue weighted by atomic mass is 19.2. The fraction of sp³-hybridized carbons (Fsp3) is 0.353. The average Bonchev–Trinajstić information content (AvgIpc) is 3.05. The molecule has 3 atom stereocenters. The van der Waals surface area contributed by atoms with Crippen LogP contribution in [0.2, 0.25) is 0 Å². The highest BCUT2D eigenvalue weighted by molar-refractivity contribution is 5.92. The Morgan fingerprint density at radius 3 is 2.63 bits per heavy atom. The van der Waals surface area contributed by atoms with E-state index in [1.54, 1.807) is 4.90 Å². The molecule has 2 aliphatic rings. The van der Waals surface area contributed by atoms with Crippen molar-refractivity contribution in [1.82, 2.24) is 25.7 Å². The summed E-state index contributed by atoms with van der Waals surface area (Å²) in [6.45, 7) is 0.774. The Morgan fingerprint density at radius 1 is 1.07 bits per heavy atom. The first-order valence-corrected chi connectivity index (χ1v) is 8.51. The zero-order valence-corrected chi connectivity index (χ0v) is 14.1. The molecule has 0 spiro atoms. The molecule has 4 N–H and O–H groups in total. The number of halogens is 2. The lowest BCUT2D eigenvalue weighted by Gasteiger charge is -2.36. The van der Waals surface area contributed by atoms with Crippen LogP contribution in [0.15, 0.2) is 33.9 Å². The number of fused-ring (bicyclic) bond motifs is 1. The number of hydrogen-bond donors (Lipinski definition) is 4. The van der Waals surface area contributed by atoms with Gasteiger partial charge in [-0.1, -0.05) is 6.07 Å². The minimum Gasteiger partial charge on any atom is -0.337 e. The van der Waals surface area contributed by atoms with Gasteiger partial charge >= 0.3 is 5.69 Å². The smallest absolute Gasteiger partial charge is 0.326 e. The van der Waals surface area contributed by atoms with Crippen molar-refractivity contribution >= 4 is 5.91 Å². The Labute approximate surface area is 151 Å². The number of aromatic nitrogens is 2. The van der Waals surface area contributed by atoms with Crippen LogP contribution in [-0.2, 0) is 0 Å². The van der Waals surface area contributed by atoms with Gasteiger partial charge in [-0.25, -0.2) is 19.0 Å². The molecule has 2 aromatic rings. The number of nitrogens with one attached hydrogen (secondary N) is 4. The van der Waals surface area contributed by atoms with Gasteiger partial charge in [-0.3, -0.25) is 20.0 Å². The molecule has 3 heterocycles. The van der Waals surface area contributed by atoms with Gasteiger partial charge in [-0.05, 0) is 24.1 Å². The van der Waals surface area contributed by atoms with E-state index >= 15 is 0 Å². The predicted molar refractivity (Wildman–Crippen MR) is 90.9 cm³/mol. The zero-order chi connectivity index (χ0) is 19.1. The maximum atomic E-state index is 13.6. The third-order valence-corrected chi connectivity index (χ3v) is 5.09. The highest BCUT2D eigenvalue weighted by Crippen LogP contribution is 2.34. The van der Waals surface area contributed by atoms with Crippen LogP contribution in [0.3, 0.4) is 0 Å². The fourth-order valence-electron chi connectivity index (χ4n) is 3.78. The Balaban J connectivity index is 1.57. The Kier molecular flexibility index (Phi) is 4.36. The third kappa shape index (κ3) is 3.28. The first-order valence-electron chi connectivity index (χ1n) is 8.51. The summed E-state index contributed by atoms with van der Waals surface area (Å²) in [6, 6.07) is 4.53. The number of H-pyrrole nitrogens is 2. The second kappa shape index (κ2) is 6.71. The average molecular weight is 377 g/mol. The number of hydrogen-bond acceptors (Lipinski definition) is 5. The second-order valence-electron chi connectivity index (χ2n) is 6.75. The van der Waals surface area contributed by atoms with Crippen LogP contribution in [-0.4, -0.2) is 39.9 Å². The number of aromatic amines is 2. The summed E-state index contributed by atoms with van der Waals surface area (Å²) in [5.74, 6) is -2.38. The van der Waals surface area contributed by atoms with Gasteiger partial charge < -0.3 is 9.88 Å². The largest absolute Gasteiger partial charge is 0.337 e. The number of carbonyl (C=O) groups excluding carboxylic acids is 1. The van der Waals surface area contributed by atoms with Gasteiger partial charge in [0.2, 0.25) is 0 Å². The van der Waals surface area contributed by atoms with Gasteiger partial charge in [0.15, 0.2) is 11.6 Å². The van der Waals surface area contributed by atoms with Crippen molar-refractivity contribution in [2.45, 2.75) is 18.5 Å². The highest BCUT2D eigenvalue weighted by Gasteiger charge is 2.42. The molecule has 0 saturated carbocycles. The van der Waals surface area contributed by atoms with Crippen LogP contribution in [0.5, 0.6) is 0 Å². The van der Waals surface area contributed by atoms with E-state index in [-0.39, 0.29) is 23.7 Å². The van der Waals surface area contributed by atoms with Crippen molar-refractivity contribution in [2.75, 3.05) is 13.1 Å². The topological polar surface area (TPSA) is 110 Å². The standard InChI is InChI=1S/C17H17F2N5O3/c18-10-2-1-8(5-11(10)19)15-9-7-24(4-3-12(9)22-23-15)16(26)13-6-14(25)21-17(27)20-13/h1-2,5-6,9,12,15,22-23H,3-4,7H2,(H2,20,21,25,27). The van der Waals surface area contributed by atoms with Gasteiger partial charge in [0.25, 0.3) is 11.5 Å². The minimum absolute atomic E-state index is 0.0605. The summed E-state index contributed by atoms with van der Waals surface area (Å²) in [5, 5.41) is 0. The van der Waals surface area contributed by atoms with Crippen molar-refractivity contribution in [3.63, 3.8) is 0 Å². The lowest BCUT2D eigenvalue weighted by Crippen LogP contribution is -2.48. The molecule has 27 heavy (non-hydrogen) atoms. The summed E-state index contributed by atoms with van der Waals surface area (Å²) >= 11 is 0. The van der Waals surface area contributed by atoms with Crippen molar-refractivity contribution in [1.29, 1.82) is 0 Å². The molecule has 2 saturated heterocycles. The molecule has 10 heteroatoms. The van der Waals surface area contributed by atoms with Crippen molar-refractivity contribution in [3.05, 3.63) is 68.0 Å². The molecule has 142 valence electrons. The first kappa shape index (κ1) is 17.6. The Morgan fingerprint density at radius 2 is 1.89 bits per heavy atom. The van der Waals surface area contributed by atoms with E-state index in [2.05, 4.69) is 15.8 Å². The van der Waals surface area contributed by atoms with Crippen molar-refractivity contribution < 1.29 is 13.6 Å². The molecule has 0 aliphatic carbocycles. The molecule has 0 radical (unpaired) electrons. The summed E-state index contributed by atoms with van der Waals surface area (Å²) in [5.41, 5.74) is 5.33. The summed E-state index contributed by atoms with van der Waals surface area (Å²) in [7, 11) is 0. The van der Waals surface area contributed by atoms with Gasteiger partial charge in [0, 0.05) is 31.1 Å². The third-order valence-electron chi connectivity index (χ3n) is 5.09. The van der Waals surface area contributed by atoms with Crippen LogP contribution in [0, 0.1) is 17.6 Å². The summed E-state index contributed by atoms with van der Waals surface area (Å²) in [4.78, 5) is 41.4. The van der Waals surface area contributed by atoms with E-state index in [0.717, 1.165) is 18.2 Å². The molecule has 2 aliphatic heterocycles. The van der Waals surface area contributed by atoms with Crippen LogP contribution in [0.4, 0.5) is 8.78 Å². The van der Waals surface area contributed by atoms with E-state index in [4.69, 9.17) is 0 Å². The predicted octanol–water partition coefficient (Wildman–Crippen LogP) is 0.0212. The molecule has 0 bridgehead atoms. The van der Waals surface area contributed by atoms with Crippen molar-refractivity contribution in [3.8, 4) is 0 Å². The number of nitrogens with zero attached hydrogens (tertiary/aromatic N) is 1. The number of hydrazine groups is 1. The van der Waals surface area contributed by atoms with E-state index in [0.29, 0.717) is 25.1 Å². The number of rotatable bonds is 2. The number of piperidine rings is 1. The van der Waals surface area contributed by atoms with E-state index in [1.807, 2.05) is 4.98 Å². The van der Waals surface area contributed by atoms with Gasteiger partial charge in [-0.15, -0.1) is 0 Å². The van der Waals surface area contributed by atoms with E-state index in [1.165, 1.54) is 6.07 Å². The van der Waals surface area contributed by atoms with Crippen LogP contribution in [0.25, 0.3) is 0 Å². The minimum atomic E-state index is -0.928. The van der Waals surface area contributed by atoms with Crippen LogP contribution in [0.1, 0.15) is 28.5 Å². The first-order chi connectivity index (χ1) is 12.9. The molecule has 1 aromatic carbocycles. The van der Waals surface area contributed by atoms with Crippen LogP contribution >= 0.6 is 0 Å². The maximum Gasteiger partial charge on any atom is 0.326 e. The Bertz CT molecular complexity index is 976. The molecule has 1 aromatic heterocycles. The van der Waals surface area contributed by atoms with Gasteiger partial charge in [0.1, 0.15) is 5.69 Å². The normalized spacial score (nSPS) is 24.7. The number of likely N-dealkylation sites (tertiary alicyclic amines) is 1. The summed E-state index contributed by atoms with van der Waals surface area (Å²) in [6.07, 6.45) is 0.636. The number of carbonyl (C=O) groups is 1. The lowest BCUT2D eigenvalue weighted by molar-refractivity contribution is 0.0645. The van der Waals surface area contributed by atoms with E-state index < -0.39 is 28.8 Å². The molecular formula is C17H17F2N5O3. The van der Waals surface area contributed by atoms with Crippen LogP contribution < -0.4 is 22.1 Å². The van der Waals surface area contributed by atoms with Gasteiger partial charge in [0.05, 0.1) is 6.04 Å². The second-order valence-corrected chi connectivity index (χ2v) is 6.75. The molecule has 3 unspecified atom stereocenters. The monoisotopic (exact) mass is 377 g/mol. The molecule has 2 fully saturated rings. The number of amides is 1. The lowest BCUT2D eigenvalue weighted by atomic mass is 9.85. The van der Waals surface area contributed by atoms with E-state index in [9.17, 15) is 23.2 Å². The molecule has 1 amide bonds. The maximum absolute atomic E-state index is 13.6. The molecule has 8 nitrogen and oxygen atoms in total. The number of benzene rings is 1. The summed E-state index contributed by atoms with van der Waals surface area (Å²) < 4.78 is 26.8. The quantitative estimate of drug-likeness (QED) is 0.590. The molecular weight excluding hydrogens is 360 g/mol. The fourth-order valence-corrected chi connectivity index (χ4v) is 3.78. The SMILES string of the molecule is O=C(c1cc(=O)[nH]c(=O)[nH]1)N1CCC2NNC(c3ccc(F)c(F)c3)C2C1. The van der Waals surface area contributed by atoms with Gasteiger partial charge in [-0.2, -0.15) is 0 Å². The van der Waals surface area contributed by atoms with Crippen molar-refractivity contribution in [2.24, 2.45) is 5.92 Å².